The average molecular weight is 670 g/mol. The second-order valence-electron chi connectivity index (χ2n) is 12.5. The number of amides is 1. The fourth-order valence-corrected chi connectivity index (χ4v) is 8.41. The van der Waals surface area contributed by atoms with Crippen LogP contribution in [-0.2, 0) is 19.1 Å². The molecule has 46 heavy (non-hydrogen) atoms. The van der Waals surface area contributed by atoms with Crippen molar-refractivity contribution in [3.8, 4) is 11.1 Å². The normalized spacial score (nSPS) is 13.3. The summed E-state index contributed by atoms with van der Waals surface area (Å²) in [5.41, 5.74) is 5.37. The highest BCUT2D eigenvalue weighted by atomic mass is 33.1. The number of hydrogen-bond donors (Lipinski definition) is 2. The first kappa shape index (κ1) is 38.0. The number of anilines is 1. The topological polar surface area (TPSA) is 92.7 Å². The van der Waals surface area contributed by atoms with E-state index in [1.165, 1.54) is 101 Å². The molecule has 0 spiro atoms. The molecule has 2 aromatic rings. The highest BCUT2D eigenvalue weighted by Crippen LogP contribution is 2.45. The third-order valence-corrected chi connectivity index (χ3v) is 11.2. The number of carboxylic acid groups (broad SMARTS) is 1. The van der Waals surface area contributed by atoms with E-state index < -0.39 is 5.97 Å². The monoisotopic (exact) mass is 669 g/mol. The maximum atomic E-state index is 12.6. The largest absolute Gasteiger partial charge is 0.481 e. The van der Waals surface area contributed by atoms with Gasteiger partial charge in [-0.3, -0.25) is 14.4 Å². The van der Waals surface area contributed by atoms with Crippen LogP contribution in [0.3, 0.4) is 0 Å². The minimum Gasteiger partial charge on any atom is -0.481 e. The number of carbonyl (C=O) groups excluding carboxylic acids is 2. The number of esters is 1. The van der Waals surface area contributed by atoms with Gasteiger partial charge >= 0.3 is 11.9 Å². The van der Waals surface area contributed by atoms with E-state index in [0.717, 1.165) is 48.1 Å². The van der Waals surface area contributed by atoms with E-state index >= 15 is 0 Å². The number of rotatable bonds is 26. The van der Waals surface area contributed by atoms with Gasteiger partial charge in [-0.25, -0.2) is 0 Å². The van der Waals surface area contributed by atoms with E-state index in [9.17, 15) is 14.4 Å². The van der Waals surface area contributed by atoms with Crippen molar-refractivity contribution in [3.05, 3.63) is 53.6 Å². The molecular formula is C38H55NO5S2. The minimum absolute atomic E-state index is 0.0167. The number of carboxylic acids is 1. The van der Waals surface area contributed by atoms with Crippen molar-refractivity contribution < 1.29 is 24.2 Å². The molecule has 2 N–H and O–H groups in total. The average Bonchev–Trinajstić information content (AvgIpc) is 3.35. The molecule has 0 aliphatic heterocycles. The van der Waals surface area contributed by atoms with Crippen molar-refractivity contribution in [1.29, 1.82) is 0 Å². The summed E-state index contributed by atoms with van der Waals surface area (Å²) in [5, 5.41) is 11.7. The smallest absolute Gasteiger partial charge is 0.303 e. The Morgan fingerprint density at radius 2 is 1.20 bits per heavy atom. The molecule has 0 saturated heterocycles. The molecular weight excluding hydrogens is 615 g/mol. The van der Waals surface area contributed by atoms with Crippen molar-refractivity contribution in [2.75, 3.05) is 23.4 Å². The summed E-state index contributed by atoms with van der Waals surface area (Å²) < 4.78 is 5.38. The third-order valence-electron chi connectivity index (χ3n) is 8.62. The predicted octanol–water partition coefficient (Wildman–Crippen LogP) is 10.8. The summed E-state index contributed by atoms with van der Waals surface area (Å²) in [6.45, 7) is 1.74. The second kappa shape index (κ2) is 23.0. The fraction of sp³-hybridized carbons (Fsp3) is 0.605. The van der Waals surface area contributed by atoms with E-state index in [-0.39, 0.29) is 17.8 Å². The molecule has 1 aliphatic carbocycles. The van der Waals surface area contributed by atoms with Gasteiger partial charge in [0.25, 0.3) is 0 Å². The van der Waals surface area contributed by atoms with Gasteiger partial charge in [0.1, 0.15) is 6.61 Å². The van der Waals surface area contributed by atoms with Crippen molar-refractivity contribution in [2.24, 2.45) is 0 Å². The summed E-state index contributed by atoms with van der Waals surface area (Å²) in [6, 6.07) is 14.3. The third kappa shape index (κ3) is 15.0. The lowest BCUT2D eigenvalue weighted by Gasteiger charge is -2.14. The van der Waals surface area contributed by atoms with Gasteiger partial charge in [-0.05, 0) is 60.1 Å². The Morgan fingerprint density at radius 3 is 1.78 bits per heavy atom. The number of hydrogen-bond acceptors (Lipinski definition) is 6. The van der Waals surface area contributed by atoms with Gasteiger partial charge in [-0.2, -0.15) is 0 Å². The molecule has 1 atom stereocenters. The van der Waals surface area contributed by atoms with Crippen molar-refractivity contribution in [3.63, 3.8) is 0 Å². The van der Waals surface area contributed by atoms with Crippen LogP contribution in [-0.4, -0.2) is 41.1 Å². The highest BCUT2D eigenvalue weighted by Gasteiger charge is 2.29. The van der Waals surface area contributed by atoms with Crippen LogP contribution in [0.15, 0.2) is 42.5 Å². The van der Waals surface area contributed by atoms with Gasteiger partial charge in [0.2, 0.25) is 5.91 Å². The number of nitrogens with one attached hydrogen (secondary N) is 1. The molecule has 254 valence electrons. The van der Waals surface area contributed by atoms with Crippen LogP contribution in [0.4, 0.5) is 5.69 Å². The number of benzene rings is 2. The lowest BCUT2D eigenvalue weighted by atomic mass is 9.97. The summed E-state index contributed by atoms with van der Waals surface area (Å²) >= 11 is 0. The van der Waals surface area contributed by atoms with Crippen LogP contribution in [0.1, 0.15) is 140 Å². The maximum absolute atomic E-state index is 12.6. The van der Waals surface area contributed by atoms with E-state index in [2.05, 4.69) is 23.5 Å². The van der Waals surface area contributed by atoms with E-state index in [4.69, 9.17) is 9.84 Å². The molecule has 1 aliphatic rings. The van der Waals surface area contributed by atoms with Crippen LogP contribution >= 0.6 is 21.6 Å². The molecule has 8 heteroatoms. The minimum atomic E-state index is -0.673. The van der Waals surface area contributed by atoms with Crippen LogP contribution in [0, 0.1) is 0 Å². The predicted molar refractivity (Wildman–Crippen MR) is 195 cm³/mol. The van der Waals surface area contributed by atoms with Gasteiger partial charge in [-0.15, -0.1) is 0 Å². The van der Waals surface area contributed by atoms with Crippen LogP contribution < -0.4 is 5.32 Å². The Bertz CT molecular complexity index is 1200. The van der Waals surface area contributed by atoms with E-state index in [1.807, 2.05) is 45.9 Å². The summed E-state index contributed by atoms with van der Waals surface area (Å²) in [5.74, 6) is 1.59. The van der Waals surface area contributed by atoms with Gasteiger partial charge < -0.3 is 15.2 Å². The van der Waals surface area contributed by atoms with Gasteiger partial charge in [-0.1, -0.05) is 129 Å². The fourth-order valence-electron chi connectivity index (χ4n) is 6.11. The SMILES string of the molecule is CC(=O)OCC1c2ccccc2-c2ccc(NC(=O)CCCCCCCCCCSSCCCCCCCCCCC(=O)O)cc21. The molecule has 3 rings (SSSR count). The lowest BCUT2D eigenvalue weighted by molar-refractivity contribution is -0.141. The number of ether oxygens (including phenoxy) is 1. The van der Waals surface area contributed by atoms with Crippen LogP contribution in [0.25, 0.3) is 11.1 Å². The Kier molecular flexibility index (Phi) is 19.0. The van der Waals surface area contributed by atoms with E-state index in [0.29, 0.717) is 19.4 Å². The second-order valence-corrected chi connectivity index (χ2v) is 15.2. The Morgan fingerprint density at radius 1 is 0.674 bits per heavy atom. The number of aliphatic carboxylic acids is 1. The first-order valence-corrected chi connectivity index (χ1v) is 20.1. The Balaban J connectivity index is 1.13. The van der Waals surface area contributed by atoms with Gasteiger partial charge in [0, 0.05) is 42.9 Å². The first-order chi connectivity index (χ1) is 22.5. The quantitative estimate of drug-likeness (QED) is 0.0585. The zero-order valence-electron chi connectivity index (χ0n) is 27.9. The summed E-state index contributed by atoms with van der Waals surface area (Å²) in [7, 11) is 4.06. The summed E-state index contributed by atoms with van der Waals surface area (Å²) in [4.78, 5) is 34.6. The lowest BCUT2D eigenvalue weighted by Crippen LogP contribution is -2.12. The van der Waals surface area contributed by atoms with Crippen molar-refractivity contribution >= 4 is 45.1 Å². The van der Waals surface area contributed by atoms with E-state index in [1.54, 1.807) is 0 Å². The molecule has 2 aromatic carbocycles. The standard InChI is InChI=1S/C38H55NO5S2/c1-30(40)44-29-36-33-21-17-16-20-32(33)34-25-24-31(28-35(34)36)39-37(41)22-14-10-6-2-4-8-12-18-26-45-46-27-19-13-9-5-3-7-11-15-23-38(42)43/h16-17,20-21,24-25,28,36H,2-15,18-19,22-23,26-27,29H2,1H3,(H,39,41)(H,42,43). The molecule has 0 heterocycles. The molecule has 1 amide bonds. The molecule has 0 radical (unpaired) electrons. The van der Waals surface area contributed by atoms with Crippen LogP contribution in [0.2, 0.25) is 0 Å². The first-order valence-electron chi connectivity index (χ1n) is 17.6. The van der Waals surface area contributed by atoms with Crippen LogP contribution in [0.5, 0.6) is 0 Å². The van der Waals surface area contributed by atoms with Gasteiger partial charge in [0.05, 0.1) is 0 Å². The molecule has 1 unspecified atom stereocenters. The molecule has 0 fully saturated rings. The molecule has 0 aromatic heterocycles. The number of carbonyl (C=O) groups is 3. The van der Waals surface area contributed by atoms with Gasteiger partial charge in [0.15, 0.2) is 0 Å². The zero-order chi connectivity index (χ0) is 32.8. The Hall–Kier alpha value is -2.45. The Labute approximate surface area is 285 Å². The highest BCUT2D eigenvalue weighted by molar-refractivity contribution is 8.76. The maximum Gasteiger partial charge on any atom is 0.303 e. The number of fused-ring (bicyclic) bond motifs is 3. The van der Waals surface area contributed by atoms with Crippen molar-refractivity contribution in [1.82, 2.24) is 0 Å². The number of unbranched alkanes of at least 4 members (excludes halogenated alkanes) is 14. The molecule has 0 saturated carbocycles. The van der Waals surface area contributed by atoms with Crippen molar-refractivity contribution in [2.45, 2.75) is 128 Å². The summed E-state index contributed by atoms with van der Waals surface area (Å²) in [6.07, 6.45) is 20.0. The zero-order valence-corrected chi connectivity index (χ0v) is 29.5. The molecule has 6 nitrogen and oxygen atoms in total. The molecule has 0 bridgehead atoms.